The lowest BCUT2D eigenvalue weighted by Crippen LogP contribution is -2.58. The Kier molecular flexibility index (Phi) is 10.6. The van der Waals surface area contributed by atoms with E-state index in [1.54, 1.807) is 13.8 Å². The minimum atomic E-state index is -1.39. The Morgan fingerprint density at radius 1 is 1.06 bits per heavy atom. The number of carbonyl (C=O) groups excluding carboxylic acids is 4. The maximum atomic E-state index is 12.8. The van der Waals surface area contributed by atoms with Gasteiger partial charge in [-0.1, -0.05) is 13.8 Å². The zero-order valence-electron chi connectivity index (χ0n) is 17.7. The third-order valence-corrected chi connectivity index (χ3v) is 4.83. The summed E-state index contributed by atoms with van der Waals surface area (Å²) in [4.78, 5) is 67.0. The molecule has 0 radical (unpaired) electrons. The van der Waals surface area contributed by atoms with Crippen molar-refractivity contribution >= 4 is 42.2 Å². The number of nitrogens with two attached hydrogens (primary N) is 2. The Balaban J connectivity index is 3.04. The fraction of sp³-hybridized carbons (Fsp3) is 0.556. The van der Waals surface area contributed by atoms with Crippen LogP contribution in [0.5, 0.6) is 0 Å². The van der Waals surface area contributed by atoms with Crippen molar-refractivity contribution in [2.45, 2.75) is 50.9 Å². The predicted octanol–water partition coefficient (Wildman–Crippen LogP) is -2.72. The van der Waals surface area contributed by atoms with E-state index in [2.05, 4.69) is 38.5 Å². The van der Waals surface area contributed by atoms with E-state index in [0.29, 0.717) is 5.69 Å². The number of aliphatic carboxylic acids is 1. The van der Waals surface area contributed by atoms with Crippen LogP contribution in [-0.4, -0.2) is 74.6 Å². The smallest absolute Gasteiger partial charge is 0.327 e. The second kappa shape index (κ2) is 12.7. The Morgan fingerprint density at radius 3 is 2.09 bits per heavy atom. The number of carbonyl (C=O) groups is 5. The van der Waals surface area contributed by atoms with E-state index in [4.69, 9.17) is 16.6 Å². The first-order chi connectivity index (χ1) is 15.0. The number of carboxylic acids is 1. The highest BCUT2D eigenvalue weighted by Crippen LogP contribution is 2.04. The van der Waals surface area contributed by atoms with Gasteiger partial charge in [0.1, 0.15) is 18.1 Å². The van der Waals surface area contributed by atoms with Crippen molar-refractivity contribution in [3.05, 3.63) is 18.2 Å². The topological polar surface area (TPSA) is 222 Å². The molecule has 0 fully saturated rings. The number of imidazole rings is 1. The first-order valence-electron chi connectivity index (χ1n) is 9.72. The Labute approximate surface area is 189 Å². The van der Waals surface area contributed by atoms with Crippen molar-refractivity contribution in [1.82, 2.24) is 25.9 Å². The second-order valence-electron chi connectivity index (χ2n) is 7.43. The maximum absolute atomic E-state index is 12.8. The first-order valence-corrected chi connectivity index (χ1v) is 10.3. The molecule has 32 heavy (non-hydrogen) atoms. The molecule has 1 aromatic heterocycles. The molecule has 9 N–H and O–H groups in total. The minimum Gasteiger partial charge on any atom is -0.480 e. The molecule has 1 rings (SSSR count). The Bertz CT molecular complexity index is 817. The minimum absolute atomic E-state index is 0.0702. The van der Waals surface area contributed by atoms with Crippen LogP contribution in [0.2, 0.25) is 0 Å². The number of hydrogen-bond acceptors (Lipinski definition) is 8. The number of nitrogens with zero attached hydrogens (tertiary/aromatic N) is 1. The van der Waals surface area contributed by atoms with Crippen molar-refractivity contribution in [1.29, 1.82) is 0 Å². The number of amides is 4. The average molecular weight is 472 g/mol. The number of rotatable bonds is 13. The lowest BCUT2D eigenvalue weighted by Gasteiger charge is -2.25. The number of carboxylic acid groups (broad SMARTS) is 1. The lowest BCUT2D eigenvalue weighted by molar-refractivity contribution is -0.141. The number of H-pyrrole nitrogens is 1. The van der Waals surface area contributed by atoms with Crippen molar-refractivity contribution < 1.29 is 29.1 Å². The number of hydrogen-bond donors (Lipinski definition) is 8. The van der Waals surface area contributed by atoms with Crippen LogP contribution in [0.4, 0.5) is 0 Å². The van der Waals surface area contributed by atoms with Gasteiger partial charge in [-0.2, -0.15) is 12.6 Å². The van der Waals surface area contributed by atoms with E-state index in [1.807, 2.05) is 0 Å². The van der Waals surface area contributed by atoms with Crippen molar-refractivity contribution in [2.75, 3.05) is 5.75 Å². The summed E-state index contributed by atoms with van der Waals surface area (Å²) in [5.41, 5.74) is 11.4. The monoisotopic (exact) mass is 471 g/mol. The molecular formula is C18H29N7O6S. The lowest BCUT2D eigenvalue weighted by atomic mass is 10.0. The van der Waals surface area contributed by atoms with Crippen LogP contribution in [0, 0.1) is 5.92 Å². The zero-order chi connectivity index (χ0) is 24.4. The van der Waals surface area contributed by atoms with Crippen LogP contribution in [0.15, 0.2) is 12.5 Å². The molecule has 0 saturated heterocycles. The number of aromatic amines is 1. The molecule has 0 saturated carbocycles. The Morgan fingerprint density at radius 2 is 1.62 bits per heavy atom. The van der Waals surface area contributed by atoms with Crippen LogP contribution < -0.4 is 27.4 Å². The average Bonchev–Trinajstić information content (AvgIpc) is 3.22. The van der Waals surface area contributed by atoms with E-state index in [0.717, 1.165) is 0 Å². The molecule has 1 aromatic rings. The summed E-state index contributed by atoms with van der Waals surface area (Å²) in [7, 11) is 0. The van der Waals surface area contributed by atoms with E-state index < -0.39 is 60.2 Å². The van der Waals surface area contributed by atoms with Crippen molar-refractivity contribution in [3.63, 3.8) is 0 Å². The fourth-order valence-corrected chi connectivity index (χ4v) is 2.78. The normalized spacial score (nSPS) is 14.7. The van der Waals surface area contributed by atoms with Gasteiger partial charge >= 0.3 is 5.97 Å². The molecule has 178 valence electrons. The van der Waals surface area contributed by atoms with E-state index in [-0.39, 0.29) is 18.1 Å². The molecule has 1 heterocycles. The van der Waals surface area contributed by atoms with Gasteiger partial charge in [0, 0.05) is 24.1 Å². The standard InChI is InChI=1S/C18H29N7O6S/c1-8(2)14(20)17(29)24-11(4-13(19)26)16(28)23-10(3-9-5-21-7-22-9)15(27)25-12(6-32)18(30)31/h5,7-8,10-12,14,32H,3-4,6,20H2,1-2H3,(H2,19,26)(H,21,22)(H,23,28)(H,24,29)(H,25,27)(H,30,31). The largest absolute Gasteiger partial charge is 0.480 e. The first kappa shape index (κ1) is 26.9. The SMILES string of the molecule is CC(C)C(N)C(=O)NC(CC(N)=O)C(=O)NC(Cc1cnc[nH]1)C(=O)NC(CS)C(=O)O. The number of primary amides is 1. The molecule has 0 aromatic carbocycles. The molecule has 14 heteroatoms. The molecule has 0 aliphatic carbocycles. The van der Waals surface area contributed by atoms with Crippen LogP contribution in [-0.2, 0) is 30.4 Å². The van der Waals surface area contributed by atoms with Gasteiger partial charge in [0.2, 0.25) is 23.6 Å². The summed E-state index contributed by atoms with van der Waals surface area (Å²) in [5.74, 6) is -4.93. The molecule has 4 amide bonds. The van der Waals surface area contributed by atoms with Gasteiger partial charge in [-0.25, -0.2) is 9.78 Å². The Hall–Kier alpha value is -3.13. The fourth-order valence-electron chi connectivity index (χ4n) is 2.54. The highest BCUT2D eigenvalue weighted by Gasteiger charge is 2.31. The van der Waals surface area contributed by atoms with Gasteiger partial charge in [0.25, 0.3) is 0 Å². The third-order valence-electron chi connectivity index (χ3n) is 4.47. The van der Waals surface area contributed by atoms with Crippen LogP contribution in [0.1, 0.15) is 26.0 Å². The van der Waals surface area contributed by atoms with Crippen LogP contribution >= 0.6 is 12.6 Å². The molecular weight excluding hydrogens is 442 g/mol. The predicted molar refractivity (Wildman–Crippen MR) is 116 cm³/mol. The molecule has 4 unspecified atom stereocenters. The van der Waals surface area contributed by atoms with Crippen molar-refractivity contribution in [2.24, 2.45) is 17.4 Å². The van der Waals surface area contributed by atoms with Gasteiger partial charge in [-0.05, 0) is 5.92 Å². The summed E-state index contributed by atoms with van der Waals surface area (Å²) in [6, 6.07) is -4.87. The zero-order valence-corrected chi connectivity index (χ0v) is 18.6. The maximum Gasteiger partial charge on any atom is 0.327 e. The van der Waals surface area contributed by atoms with Crippen LogP contribution in [0.25, 0.3) is 0 Å². The summed E-state index contributed by atoms with van der Waals surface area (Å²) >= 11 is 3.89. The molecule has 0 aliphatic heterocycles. The number of aromatic nitrogens is 2. The van der Waals surface area contributed by atoms with Gasteiger partial charge in [-0.15, -0.1) is 0 Å². The molecule has 4 atom stereocenters. The van der Waals surface area contributed by atoms with Crippen molar-refractivity contribution in [3.8, 4) is 0 Å². The number of thiol groups is 1. The summed E-state index contributed by atoms with van der Waals surface area (Å²) in [6.45, 7) is 3.41. The van der Waals surface area contributed by atoms with Crippen LogP contribution in [0.3, 0.4) is 0 Å². The second-order valence-corrected chi connectivity index (χ2v) is 7.79. The molecule has 13 nitrogen and oxygen atoms in total. The third kappa shape index (κ3) is 8.55. The molecule has 0 spiro atoms. The van der Waals surface area contributed by atoms with E-state index in [1.165, 1.54) is 12.5 Å². The summed E-state index contributed by atoms with van der Waals surface area (Å²) in [5, 5.41) is 16.2. The highest BCUT2D eigenvalue weighted by atomic mass is 32.1. The van der Waals surface area contributed by atoms with Gasteiger partial charge in [0.05, 0.1) is 18.8 Å². The van der Waals surface area contributed by atoms with E-state index >= 15 is 0 Å². The summed E-state index contributed by atoms with van der Waals surface area (Å²) in [6.07, 6.45) is 2.18. The highest BCUT2D eigenvalue weighted by molar-refractivity contribution is 7.80. The van der Waals surface area contributed by atoms with E-state index in [9.17, 15) is 24.0 Å². The number of nitrogens with one attached hydrogen (secondary N) is 4. The molecule has 0 bridgehead atoms. The van der Waals surface area contributed by atoms with Gasteiger partial charge in [0.15, 0.2) is 0 Å². The summed E-state index contributed by atoms with van der Waals surface area (Å²) < 4.78 is 0. The van der Waals surface area contributed by atoms with Gasteiger partial charge in [-0.3, -0.25) is 19.2 Å². The van der Waals surface area contributed by atoms with Gasteiger partial charge < -0.3 is 37.5 Å². The molecule has 0 aliphatic rings. The quantitative estimate of drug-likeness (QED) is 0.141.